The summed E-state index contributed by atoms with van der Waals surface area (Å²) >= 11 is 0. The van der Waals surface area contributed by atoms with Crippen molar-refractivity contribution in [2.75, 3.05) is 6.54 Å². The highest BCUT2D eigenvalue weighted by Gasteiger charge is 2.29. The maximum atomic E-state index is 9.57. The van der Waals surface area contributed by atoms with Crippen LogP contribution in [0.1, 0.15) is 24.4 Å². The van der Waals surface area contributed by atoms with Crippen LogP contribution in [0, 0.1) is 17.2 Å². The monoisotopic (exact) mass is 206 g/mol. The molecule has 1 aliphatic rings. The minimum atomic E-state index is -0.240. The molecule has 0 bridgehead atoms. The molecule has 1 aromatic rings. The van der Waals surface area contributed by atoms with Crippen LogP contribution >= 0.6 is 0 Å². The standard InChI is InChI=1S/C11H14N2O2/c12-5-9-3-4-10(15-9)6-13-7-11(14)8-1-2-8/h3-4,8,11,13-14H,1-2,6-7H2. The molecule has 0 saturated heterocycles. The molecule has 1 fully saturated rings. The summed E-state index contributed by atoms with van der Waals surface area (Å²) in [5.74, 6) is 1.55. The van der Waals surface area contributed by atoms with Gasteiger partial charge in [-0.05, 0) is 30.9 Å². The molecule has 0 spiro atoms. The van der Waals surface area contributed by atoms with Gasteiger partial charge >= 0.3 is 0 Å². The Morgan fingerprint density at radius 1 is 1.60 bits per heavy atom. The molecular formula is C11H14N2O2. The van der Waals surface area contributed by atoms with E-state index in [9.17, 15) is 5.11 Å². The highest BCUT2D eigenvalue weighted by atomic mass is 16.3. The molecule has 1 heterocycles. The summed E-state index contributed by atoms with van der Waals surface area (Å²) in [7, 11) is 0. The summed E-state index contributed by atoms with van der Waals surface area (Å²) in [5, 5.41) is 21.2. The van der Waals surface area contributed by atoms with Gasteiger partial charge in [0.1, 0.15) is 11.8 Å². The number of rotatable bonds is 5. The fourth-order valence-electron chi connectivity index (χ4n) is 1.52. The van der Waals surface area contributed by atoms with Crippen molar-refractivity contribution in [3.05, 3.63) is 23.7 Å². The molecule has 1 saturated carbocycles. The molecule has 4 heteroatoms. The molecule has 15 heavy (non-hydrogen) atoms. The van der Waals surface area contributed by atoms with Crippen LogP contribution in [-0.2, 0) is 6.54 Å². The summed E-state index contributed by atoms with van der Waals surface area (Å²) in [6, 6.07) is 5.35. The lowest BCUT2D eigenvalue weighted by Gasteiger charge is -2.08. The lowest BCUT2D eigenvalue weighted by atomic mass is 10.2. The zero-order valence-corrected chi connectivity index (χ0v) is 8.44. The number of nitriles is 1. The van der Waals surface area contributed by atoms with Crippen molar-refractivity contribution in [1.29, 1.82) is 5.26 Å². The van der Waals surface area contributed by atoms with Crippen LogP contribution in [0.5, 0.6) is 0 Å². The first-order valence-electron chi connectivity index (χ1n) is 5.17. The number of furan rings is 1. The number of hydrogen-bond donors (Lipinski definition) is 2. The van der Waals surface area contributed by atoms with E-state index in [1.807, 2.05) is 6.07 Å². The summed E-state index contributed by atoms with van der Waals surface area (Å²) in [6.07, 6.45) is 2.04. The minimum absolute atomic E-state index is 0.240. The lowest BCUT2D eigenvalue weighted by Crippen LogP contribution is -2.27. The van der Waals surface area contributed by atoms with Gasteiger partial charge in [-0.15, -0.1) is 0 Å². The second-order valence-electron chi connectivity index (χ2n) is 3.91. The fraction of sp³-hybridized carbons (Fsp3) is 0.545. The molecule has 0 aromatic carbocycles. The van der Waals surface area contributed by atoms with Crippen molar-refractivity contribution in [3.8, 4) is 6.07 Å². The van der Waals surface area contributed by atoms with Crippen LogP contribution in [0.3, 0.4) is 0 Å². The SMILES string of the molecule is N#Cc1ccc(CNCC(O)C2CC2)o1. The molecule has 1 aromatic heterocycles. The van der Waals surface area contributed by atoms with Crippen LogP contribution in [0.2, 0.25) is 0 Å². The van der Waals surface area contributed by atoms with Gasteiger partial charge in [0.25, 0.3) is 0 Å². The van der Waals surface area contributed by atoms with E-state index in [-0.39, 0.29) is 6.10 Å². The second-order valence-corrected chi connectivity index (χ2v) is 3.91. The summed E-state index contributed by atoms with van der Waals surface area (Å²) in [4.78, 5) is 0. The molecule has 1 atom stereocenters. The van der Waals surface area contributed by atoms with Crippen LogP contribution in [-0.4, -0.2) is 17.8 Å². The Balaban J connectivity index is 1.71. The maximum Gasteiger partial charge on any atom is 0.203 e. The van der Waals surface area contributed by atoms with Gasteiger partial charge in [0.05, 0.1) is 12.6 Å². The van der Waals surface area contributed by atoms with Crippen molar-refractivity contribution < 1.29 is 9.52 Å². The van der Waals surface area contributed by atoms with Crippen molar-refractivity contribution in [3.63, 3.8) is 0 Å². The quantitative estimate of drug-likeness (QED) is 0.754. The Kier molecular flexibility index (Phi) is 3.05. The van der Waals surface area contributed by atoms with Gasteiger partial charge in [-0.2, -0.15) is 5.26 Å². The summed E-state index contributed by atoms with van der Waals surface area (Å²) < 4.78 is 5.19. The maximum absolute atomic E-state index is 9.57. The Hall–Kier alpha value is -1.31. The number of nitrogens with zero attached hydrogens (tertiary/aromatic N) is 1. The van der Waals surface area contributed by atoms with Gasteiger partial charge in [0, 0.05) is 6.54 Å². The van der Waals surface area contributed by atoms with Gasteiger partial charge in [0.15, 0.2) is 0 Å². The molecule has 0 amide bonds. The third-order valence-corrected chi connectivity index (χ3v) is 2.59. The Bertz CT molecular complexity index is 363. The Morgan fingerprint density at radius 2 is 2.40 bits per heavy atom. The van der Waals surface area contributed by atoms with E-state index in [1.165, 1.54) is 0 Å². The van der Waals surface area contributed by atoms with Crippen molar-refractivity contribution in [1.82, 2.24) is 5.32 Å². The van der Waals surface area contributed by atoms with Crippen molar-refractivity contribution >= 4 is 0 Å². The summed E-state index contributed by atoms with van der Waals surface area (Å²) in [5.41, 5.74) is 0. The molecule has 4 nitrogen and oxygen atoms in total. The predicted octanol–water partition coefficient (Wildman–Crippen LogP) is 1.01. The lowest BCUT2D eigenvalue weighted by molar-refractivity contribution is 0.147. The first-order chi connectivity index (χ1) is 7.29. The van der Waals surface area contributed by atoms with Gasteiger partial charge in [-0.1, -0.05) is 0 Å². The number of nitrogens with one attached hydrogen (secondary N) is 1. The molecular weight excluding hydrogens is 192 g/mol. The van der Waals surface area contributed by atoms with Gasteiger partial charge in [-0.25, -0.2) is 0 Å². The third-order valence-electron chi connectivity index (χ3n) is 2.59. The predicted molar refractivity (Wildman–Crippen MR) is 53.9 cm³/mol. The van der Waals surface area contributed by atoms with Crippen molar-refractivity contribution in [2.45, 2.75) is 25.5 Å². The van der Waals surface area contributed by atoms with Crippen molar-refractivity contribution in [2.24, 2.45) is 5.92 Å². The van der Waals surface area contributed by atoms with Crippen LogP contribution in [0.25, 0.3) is 0 Å². The van der Waals surface area contributed by atoms with E-state index >= 15 is 0 Å². The van der Waals surface area contributed by atoms with E-state index < -0.39 is 0 Å². The zero-order chi connectivity index (χ0) is 10.7. The molecule has 0 radical (unpaired) electrons. The number of hydrogen-bond acceptors (Lipinski definition) is 4. The highest BCUT2D eigenvalue weighted by molar-refractivity contribution is 5.18. The first-order valence-corrected chi connectivity index (χ1v) is 5.17. The topological polar surface area (TPSA) is 69.2 Å². The molecule has 1 aliphatic carbocycles. The van der Waals surface area contributed by atoms with E-state index in [1.54, 1.807) is 12.1 Å². The minimum Gasteiger partial charge on any atom is -0.449 e. The summed E-state index contributed by atoms with van der Waals surface area (Å²) in [6.45, 7) is 1.15. The normalized spacial score (nSPS) is 17.3. The van der Waals surface area contributed by atoms with E-state index in [0.29, 0.717) is 24.8 Å². The molecule has 80 valence electrons. The average Bonchev–Trinajstić information content (AvgIpc) is 2.99. The second kappa shape index (κ2) is 4.47. The van der Waals surface area contributed by atoms with Crippen LogP contribution < -0.4 is 5.32 Å². The molecule has 2 rings (SSSR count). The average molecular weight is 206 g/mol. The molecule has 2 N–H and O–H groups in total. The fourth-order valence-corrected chi connectivity index (χ4v) is 1.52. The van der Waals surface area contributed by atoms with E-state index in [4.69, 9.17) is 9.68 Å². The zero-order valence-electron chi connectivity index (χ0n) is 8.44. The van der Waals surface area contributed by atoms with Crippen LogP contribution in [0.4, 0.5) is 0 Å². The Labute approximate surface area is 88.5 Å². The smallest absolute Gasteiger partial charge is 0.203 e. The number of aliphatic hydroxyl groups is 1. The van der Waals surface area contributed by atoms with Gasteiger partial charge in [0.2, 0.25) is 5.76 Å². The number of aliphatic hydroxyl groups excluding tert-OH is 1. The third kappa shape index (κ3) is 2.82. The molecule has 0 aliphatic heterocycles. The van der Waals surface area contributed by atoms with Crippen LogP contribution in [0.15, 0.2) is 16.5 Å². The van der Waals surface area contributed by atoms with Gasteiger partial charge in [-0.3, -0.25) is 0 Å². The molecule has 1 unspecified atom stereocenters. The Morgan fingerprint density at radius 3 is 3.00 bits per heavy atom. The highest BCUT2D eigenvalue weighted by Crippen LogP contribution is 2.32. The van der Waals surface area contributed by atoms with E-state index in [0.717, 1.165) is 18.6 Å². The van der Waals surface area contributed by atoms with E-state index in [2.05, 4.69) is 5.32 Å². The first kappa shape index (κ1) is 10.2. The largest absolute Gasteiger partial charge is 0.449 e. The van der Waals surface area contributed by atoms with Gasteiger partial charge < -0.3 is 14.8 Å².